The average molecular weight is 156 g/mol. The number of hydrogen-bond acceptors (Lipinski definition) is 4. The SMILES string of the molecule is O=Cc1n[nH]c(NC(=O)O)n1. The van der Waals surface area contributed by atoms with Gasteiger partial charge >= 0.3 is 6.09 Å². The minimum Gasteiger partial charge on any atom is -0.465 e. The zero-order chi connectivity index (χ0) is 8.27. The Balaban J connectivity index is 2.72. The monoisotopic (exact) mass is 156 g/mol. The molecule has 7 nitrogen and oxygen atoms in total. The Labute approximate surface area is 60.4 Å². The van der Waals surface area contributed by atoms with Crippen LogP contribution >= 0.6 is 0 Å². The molecular formula is C4H4N4O3. The highest BCUT2D eigenvalue weighted by molar-refractivity contribution is 5.80. The number of aldehydes is 1. The molecule has 0 aliphatic heterocycles. The number of anilines is 1. The van der Waals surface area contributed by atoms with Gasteiger partial charge in [0.25, 0.3) is 0 Å². The number of carboxylic acid groups (broad SMARTS) is 1. The van der Waals surface area contributed by atoms with Crippen molar-refractivity contribution in [3.05, 3.63) is 5.82 Å². The summed E-state index contributed by atoms with van der Waals surface area (Å²) in [6, 6.07) is 0. The van der Waals surface area contributed by atoms with Gasteiger partial charge in [-0.25, -0.2) is 9.89 Å². The maximum absolute atomic E-state index is 9.99. The van der Waals surface area contributed by atoms with E-state index in [0.29, 0.717) is 6.29 Å². The van der Waals surface area contributed by atoms with Gasteiger partial charge in [0.15, 0.2) is 6.29 Å². The highest BCUT2D eigenvalue weighted by Gasteiger charge is 2.02. The Kier molecular flexibility index (Phi) is 1.81. The summed E-state index contributed by atoms with van der Waals surface area (Å²) in [5.41, 5.74) is 0. The molecule has 0 fully saturated rings. The quantitative estimate of drug-likeness (QED) is 0.509. The number of nitrogens with one attached hydrogen (secondary N) is 2. The van der Waals surface area contributed by atoms with Crippen LogP contribution in [0.4, 0.5) is 10.7 Å². The molecule has 0 aromatic carbocycles. The van der Waals surface area contributed by atoms with Gasteiger partial charge in [-0.1, -0.05) is 0 Å². The second kappa shape index (κ2) is 2.78. The molecule has 0 saturated carbocycles. The molecule has 1 aromatic heterocycles. The number of amides is 1. The van der Waals surface area contributed by atoms with Crippen molar-refractivity contribution in [2.45, 2.75) is 0 Å². The third kappa shape index (κ3) is 1.75. The molecule has 1 aromatic rings. The number of H-pyrrole nitrogens is 1. The molecule has 11 heavy (non-hydrogen) atoms. The van der Waals surface area contributed by atoms with Crippen molar-refractivity contribution in [1.82, 2.24) is 15.2 Å². The van der Waals surface area contributed by atoms with E-state index in [0.717, 1.165) is 0 Å². The first-order valence-electron chi connectivity index (χ1n) is 2.60. The third-order valence-corrected chi connectivity index (χ3v) is 0.833. The van der Waals surface area contributed by atoms with Crippen molar-refractivity contribution in [1.29, 1.82) is 0 Å². The summed E-state index contributed by atoms with van der Waals surface area (Å²) in [6.45, 7) is 0. The maximum Gasteiger partial charge on any atom is 0.411 e. The minimum atomic E-state index is -1.27. The van der Waals surface area contributed by atoms with Crippen LogP contribution in [0, 0.1) is 0 Å². The number of rotatable bonds is 2. The molecule has 0 unspecified atom stereocenters. The largest absolute Gasteiger partial charge is 0.465 e. The van der Waals surface area contributed by atoms with E-state index in [1.54, 1.807) is 0 Å². The lowest BCUT2D eigenvalue weighted by atomic mass is 10.7. The van der Waals surface area contributed by atoms with Gasteiger partial charge in [0.1, 0.15) is 0 Å². The molecular weight excluding hydrogens is 152 g/mol. The average Bonchev–Trinajstić information content (AvgIpc) is 2.34. The number of carbonyl (C=O) groups is 2. The number of nitrogens with zero attached hydrogens (tertiary/aromatic N) is 2. The van der Waals surface area contributed by atoms with Crippen molar-refractivity contribution >= 4 is 18.3 Å². The number of aromatic nitrogens is 3. The van der Waals surface area contributed by atoms with Crippen LogP contribution in [0.3, 0.4) is 0 Å². The van der Waals surface area contributed by atoms with Crippen LogP contribution in [-0.2, 0) is 0 Å². The lowest BCUT2D eigenvalue weighted by Crippen LogP contribution is -2.08. The lowest BCUT2D eigenvalue weighted by molar-refractivity contribution is 0.111. The standard InChI is InChI=1S/C4H4N4O3/c9-1-2-5-3(8-7-2)6-4(10)11/h1H,(H,10,11)(H2,5,6,7,8). The summed E-state index contributed by atoms with van der Waals surface area (Å²) in [5, 5.41) is 15.6. The maximum atomic E-state index is 9.99. The first-order valence-corrected chi connectivity index (χ1v) is 2.60. The summed E-state index contributed by atoms with van der Waals surface area (Å²) in [7, 11) is 0. The van der Waals surface area contributed by atoms with Crippen LogP contribution in [0.5, 0.6) is 0 Å². The highest BCUT2D eigenvalue weighted by Crippen LogP contribution is 1.94. The topological polar surface area (TPSA) is 108 Å². The fraction of sp³-hybridized carbons (Fsp3) is 0. The van der Waals surface area contributed by atoms with E-state index in [4.69, 9.17) is 5.11 Å². The van der Waals surface area contributed by atoms with Gasteiger partial charge in [0, 0.05) is 0 Å². The van der Waals surface area contributed by atoms with Gasteiger partial charge in [-0.3, -0.25) is 10.1 Å². The van der Waals surface area contributed by atoms with Crippen molar-refractivity contribution in [2.24, 2.45) is 0 Å². The molecule has 0 bridgehead atoms. The van der Waals surface area contributed by atoms with E-state index in [1.807, 2.05) is 5.32 Å². The van der Waals surface area contributed by atoms with Crippen molar-refractivity contribution in [3.63, 3.8) is 0 Å². The Morgan fingerprint density at radius 1 is 1.73 bits per heavy atom. The predicted molar refractivity (Wildman–Crippen MR) is 33.4 cm³/mol. The summed E-state index contributed by atoms with van der Waals surface area (Å²) >= 11 is 0. The van der Waals surface area contributed by atoms with Gasteiger partial charge in [0.05, 0.1) is 0 Å². The third-order valence-electron chi connectivity index (χ3n) is 0.833. The van der Waals surface area contributed by atoms with E-state index in [2.05, 4.69) is 15.2 Å². The number of carbonyl (C=O) groups excluding carboxylic acids is 1. The summed E-state index contributed by atoms with van der Waals surface area (Å²) in [5.74, 6) is -0.159. The highest BCUT2D eigenvalue weighted by atomic mass is 16.4. The van der Waals surface area contributed by atoms with Crippen LogP contribution in [0.1, 0.15) is 10.6 Å². The Bertz CT molecular complexity index is 281. The van der Waals surface area contributed by atoms with Gasteiger partial charge in [-0.2, -0.15) is 4.98 Å². The molecule has 1 rings (SSSR count). The van der Waals surface area contributed by atoms with Crippen molar-refractivity contribution in [3.8, 4) is 0 Å². The molecule has 1 amide bonds. The van der Waals surface area contributed by atoms with E-state index in [9.17, 15) is 9.59 Å². The molecule has 1 heterocycles. The predicted octanol–water partition coefficient (Wildman–Crippen LogP) is -0.293. The van der Waals surface area contributed by atoms with Crippen LogP contribution < -0.4 is 5.32 Å². The molecule has 7 heteroatoms. The molecule has 0 aliphatic rings. The fourth-order valence-corrected chi connectivity index (χ4v) is 0.485. The molecule has 0 aliphatic carbocycles. The Morgan fingerprint density at radius 2 is 2.45 bits per heavy atom. The molecule has 0 radical (unpaired) electrons. The molecule has 58 valence electrons. The van der Waals surface area contributed by atoms with Crippen LogP contribution in [0.25, 0.3) is 0 Å². The van der Waals surface area contributed by atoms with Gasteiger partial charge in [0.2, 0.25) is 11.8 Å². The van der Waals surface area contributed by atoms with E-state index in [-0.39, 0.29) is 11.8 Å². The van der Waals surface area contributed by atoms with Crippen LogP contribution in [-0.4, -0.2) is 32.7 Å². The number of hydrogen-bond donors (Lipinski definition) is 3. The molecule has 0 spiro atoms. The van der Waals surface area contributed by atoms with Gasteiger partial charge in [-0.15, -0.1) is 5.10 Å². The fourth-order valence-electron chi connectivity index (χ4n) is 0.485. The minimum absolute atomic E-state index is 0.0698. The van der Waals surface area contributed by atoms with Gasteiger partial charge in [-0.05, 0) is 0 Å². The summed E-state index contributed by atoms with van der Waals surface area (Å²) < 4.78 is 0. The van der Waals surface area contributed by atoms with Crippen LogP contribution in [0.15, 0.2) is 0 Å². The summed E-state index contributed by atoms with van der Waals surface area (Å²) in [4.78, 5) is 23.4. The number of aromatic amines is 1. The van der Waals surface area contributed by atoms with Crippen molar-refractivity contribution in [2.75, 3.05) is 5.32 Å². The zero-order valence-corrected chi connectivity index (χ0v) is 5.24. The molecule has 3 N–H and O–H groups in total. The second-order valence-electron chi connectivity index (χ2n) is 1.59. The van der Waals surface area contributed by atoms with Crippen LogP contribution in [0.2, 0.25) is 0 Å². The molecule has 0 atom stereocenters. The van der Waals surface area contributed by atoms with E-state index in [1.165, 1.54) is 0 Å². The summed E-state index contributed by atoms with van der Waals surface area (Å²) in [6.07, 6.45) is -0.859. The Hall–Kier alpha value is -1.92. The van der Waals surface area contributed by atoms with Crippen molar-refractivity contribution < 1.29 is 14.7 Å². The lowest BCUT2D eigenvalue weighted by Gasteiger charge is -1.89. The van der Waals surface area contributed by atoms with Gasteiger partial charge < -0.3 is 5.11 Å². The first-order chi connectivity index (χ1) is 5.22. The molecule has 0 saturated heterocycles. The second-order valence-corrected chi connectivity index (χ2v) is 1.59. The smallest absolute Gasteiger partial charge is 0.411 e. The normalized spacial score (nSPS) is 9.09. The Morgan fingerprint density at radius 3 is 2.91 bits per heavy atom. The van der Waals surface area contributed by atoms with E-state index < -0.39 is 6.09 Å². The van der Waals surface area contributed by atoms with E-state index >= 15 is 0 Å². The first kappa shape index (κ1) is 7.19. The zero-order valence-electron chi connectivity index (χ0n) is 5.24.